The predicted octanol–water partition coefficient (Wildman–Crippen LogP) is 3.42. The number of rotatable bonds is 2. The van der Waals surface area contributed by atoms with Gasteiger partial charge in [0.05, 0.1) is 11.8 Å². The minimum atomic E-state index is 0.713. The number of fused-ring (bicyclic) bond motifs is 1. The van der Waals surface area contributed by atoms with E-state index in [4.69, 9.17) is 4.42 Å². The van der Waals surface area contributed by atoms with Crippen molar-refractivity contribution in [2.45, 2.75) is 6.92 Å². The van der Waals surface area contributed by atoms with E-state index < -0.39 is 0 Å². The van der Waals surface area contributed by atoms with Crippen molar-refractivity contribution < 1.29 is 4.42 Å². The van der Waals surface area contributed by atoms with Gasteiger partial charge in [0, 0.05) is 5.56 Å². The summed E-state index contributed by atoms with van der Waals surface area (Å²) in [6.45, 7) is 1.90. The standard InChI is InChI=1S/C14H10N4OS/c1-9-11(7-8-19-9)12-15-16-14-18(12)17-13(20-14)10-5-3-2-4-6-10/h2-8H,1H3. The monoisotopic (exact) mass is 282 g/mol. The van der Waals surface area contributed by atoms with Gasteiger partial charge in [-0.25, -0.2) is 0 Å². The van der Waals surface area contributed by atoms with Crippen LogP contribution in [0.2, 0.25) is 0 Å². The lowest BCUT2D eigenvalue weighted by Crippen LogP contribution is -1.90. The molecule has 0 fully saturated rings. The third-order valence-corrected chi connectivity index (χ3v) is 4.06. The van der Waals surface area contributed by atoms with Crippen LogP contribution >= 0.6 is 11.3 Å². The summed E-state index contributed by atoms with van der Waals surface area (Å²) >= 11 is 1.52. The zero-order valence-electron chi connectivity index (χ0n) is 10.6. The first-order valence-corrected chi connectivity index (χ1v) is 6.97. The summed E-state index contributed by atoms with van der Waals surface area (Å²) in [5.74, 6) is 1.53. The number of hydrogen-bond acceptors (Lipinski definition) is 5. The van der Waals surface area contributed by atoms with Gasteiger partial charge in [-0.3, -0.25) is 0 Å². The first-order chi connectivity index (χ1) is 9.83. The van der Waals surface area contributed by atoms with E-state index in [0.29, 0.717) is 5.82 Å². The predicted molar refractivity (Wildman–Crippen MR) is 76.5 cm³/mol. The molecule has 0 spiro atoms. The van der Waals surface area contributed by atoms with E-state index >= 15 is 0 Å². The molecule has 0 N–H and O–H groups in total. The molecule has 4 rings (SSSR count). The fraction of sp³-hybridized carbons (Fsp3) is 0.0714. The van der Waals surface area contributed by atoms with Gasteiger partial charge in [0.15, 0.2) is 5.82 Å². The van der Waals surface area contributed by atoms with Crippen LogP contribution in [0.25, 0.3) is 26.9 Å². The van der Waals surface area contributed by atoms with Crippen molar-refractivity contribution in [3.63, 3.8) is 0 Å². The third-order valence-electron chi connectivity index (χ3n) is 3.11. The molecule has 5 nitrogen and oxygen atoms in total. The average molecular weight is 282 g/mol. The number of furan rings is 1. The zero-order chi connectivity index (χ0) is 13.5. The lowest BCUT2D eigenvalue weighted by Gasteiger charge is -1.94. The molecule has 3 heterocycles. The van der Waals surface area contributed by atoms with Crippen molar-refractivity contribution in [2.24, 2.45) is 0 Å². The highest BCUT2D eigenvalue weighted by molar-refractivity contribution is 7.19. The van der Waals surface area contributed by atoms with E-state index in [1.807, 2.05) is 43.3 Å². The Morgan fingerprint density at radius 3 is 2.70 bits per heavy atom. The van der Waals surface area contributed by atoms with Crippen LogP contribution in [0, 0.1) is 6.92 Å². The molecule has 3 aromatic heterocycles. The van der Waals surface area contributed by atoms with E-state index in [9.17, 15) is 0 Å². The van der Waals surface area contributed by atoms with Gasteiger partial charge >= 0.3 is 0 Å². The maximum Gasteiger partial charge on any atom is 0.235 e. The highest BCUT2D eigenvalue weighted by atomic mass is 32.1. The van der Waals surface area contributed by atoms with Crippen molar-refractivity contribution in [3.8, 4) is 22.0 Å². The maximum atomic E-state index is 5.32. The molecule has 98 valence electrons. The minimum absolute atomic E-state index is 0.713. The molecule has 0 amide bonds. The normalized spacial score (nSPS) is 11.2. The second-order valence-electron chi connectivity index (χ2n) is 4.38. The zero-order valence-corrected chi connectivity index (χ0v) is 11.5. The molecule has 0 aliphatic rings. The number of nitrogens with zero attached hydrogens (tertiary/aromatic N) is 4. The van der Waals surface area contributed by atoms with Crippen LogP contribution in [0.1, 0.15) is 5.76 Å². The second-order valence-corrected chi connectivity index (χ2v) is 5.34. The van der Waals surface area contributed by atoms with E-state index in [2.05, 4.69) is 15.3 Å². The van der Waals surface area contributed by atoms with E-state index in [1.165, 1.54) is 11.3 Å². The van der Waals surface area contributed by atoms with Crippen LogP contribution in [0.3, 0.4) is 0 Å². The minimum Gasteiger partial charge on any atom is -0.469 e. The Balaban J connectivity index is 1.90. The highest BCUT2D eigenvalue weighted by Crippen LogP contribution is 2.29. The molecule has 0 aliphatic heterocycles. The van der Waals surface area contributed by atoms with Crippen molar-refractivity contribution in [1.29, 1.82) is 0 Å². The number of aryl methyl sites for hydroxylation is 1. The van der Waals surface area contributed by atoms with Gasteiger partial charge in [0.2, 0.25) is 4.96 Å². The third kappa shape index (κ3) is 1.65. The van der Waals surface area contributed by atoms with Gasteiger partial charge < -0.3 is 4.42 Å². The second kappa shape index (κ2) is 4.28. The number of aromatic nitrogens is 4. The molecular weight excluding hydrogens is 272 g/mol. The molecule has 0 unspecified atom stereocenters. The molecule has 0 bridgehead atoms. The summed E-state index contributed by atoms with van der Waals surface area (Å²) in [5, 5.41) is 13.9. The average Bonchev–Trinajstić information content (AvgIpc) is 3.15. The van der Waals surface area contributed by atoms with Gasteiger partial charge in [-0.05, 0) is 13.0 Å². The highest BCUT2D eigenvalue weighted by Gasteiger charge is 2.16. The van der Waals surface area contributed by atoms with Gasteiger partial charge in [-0.1, -0.05) is 41.7 Å². The summed E-state index contributed by atoms with van der Waals surface area (Å²) in [5.41, 5.74) is 2.00. The molecule has 1 aromatic carbocycles. The van der Waals surface area contributed by atoms with Crippen molar-refractivity contribution in [1.82, 2.24) is 19.8 Å². The van der Waals surface area contributed by atoms with Gasteiger partial charge in [-0.15, -0.1) is 10.2 Å². The maximum absolute atomic E-state index is 5.32. The molecule has 0 radical (unpaired) electrons. The largest absolute Gasteiger partial charge is 0.469 e. The summed E-state index contributed by atoms with van der Waals surface area (Å²) in [4.78, 5) is 0.777. The number of hydrogen-bond donors (Lipinski definition) is 0. The van der Waals surface area contributed by atoms with Crippen molar-refractivity contribution >= 4 is 16.3 Å². The summed E-state index contributed by atoms with van der Waals surface area (Å²) in [6.07, 6.45) is 1.65. The molecular formula is C14H10N4OS. The lowest BCUT2D eigenvalue weighted by atomic mass is 10.2. The quantitative estimate of drug-likeness (QED) is 0.565. The van der Waals surface area contributed by atoms with Crippen LogP contribution in [0.4, 0.5) is 0 Å². The van der Waals surface area contributed by atoms with E-state index in [0.717, 1.165) is 26.9 Å². The molecule has 0 aliphatic carbocycles. The van der Waals surface area contributed by atoms with Crippen LogP contribution < -0.4 is 0 Å². The SMILES string of the molecule is Cc1occc1-c1nnc2sc(-c3ccccc3)nn12. The summed E-state index contributed by atoms with van der Waals surface area (Å²) < 4.78 is 7.09. The van der Waals surface area contributed by atoms with Crippen LogP contribution in [0.15, 0.2) is 47.1 Å². The van der Waals surface area contributed by atoms with Gasteiger partial charge in [0.25, 0.3) is 0 Å². The number of benzene rings is 1. The van der Waals surface area contributed by atoms with Crippen molar-refractivity contribution in [3.05, 3.63) is 48.4 Å². The van der Waals surface area contributed by atoms with Crippen LogP contribution in [-0.4, -0.2) is 19.8 Å². The lowest BCUT2D eigenvalue weighted by molar-refractivity contribution is 0.535. The van der Waals surface area contributed by atoms with Crippen LogP contribution in [-0.2, 0) is 0 Å². The molecule has 6 heteroatoms. The molecule has 4 aromatic rings. The fourth-order valence-electron chi connectivity index (χ4n) is 2.10. The Hall–Kier alpha value is -2.47. The van der Waals surface area contributed by atoms with Gasteiger partial charge in [0.1, 0.15) is 10.8 Å². The Labute approximate surface area is 118 Å². The fourth-order valence-corrected chi connectivity index (χ4v) is 2.94. The van der Waals surface area contributed by atoms with Crippen LogP contribution in [0.5, 0.6) is 0 Å². The molecule has 0 saturated carbocycles. The molecule has 0 saturated heterocycles. The Kier molecular flexibility index (Phi) is 2.43. The van der Waals surface area contributed by atoms with E-state index in [1.54, 1.807) is 10.8 Å². The van der Waals surface area contributed by atoms with E-state index in [-0.39, 0.29) is 0 Å². The van der Waals surface area contributed by atoms with Gasteiger partial charge in [-0.2, -0.15) is 9.61 Å². The summed E-state index contributed by atoms with van der Waals surface area (Å²) in [7, 11) is 0. The topological polar surface area (TPSA) is 56.2 Å². The Morgan fingerprint density at radius 1 is 1.10 bits per heavy atom. The molecule has 20 heavy (non-hydrogen) atoms. The first-order valence-electron chi connectivity index (χ1n) is 6.15. The summed E-state index contributed by atoms with van der Waals surface area (Å²) in [6, 6.07) is 11.9. The van der Waals surface area contributed by atoms with Crippen molar-refractivity contribution in [2.75, 3.05) is 0 Å². The first kappa shape index (κ1) is 11.4. The molecule has 0 atom stereocenters. The Bertz CT molecular complexity index is 875. The smallest absolute Gasteiger partial charge is 0.235 e. The Morgan fingerprint density at radius 2 is 1.95 bits per heavy atom.